The highest BCUT2D eigenvalue weighted by Gasteiger charge is 2.03. The molecule has 0 heterocycles. The van der Waals surface area contributed by atoms with E-state index in [-0.39, 0.29) is 0 Å². The van der Waals surface area contributed by atoms with Gasteiger partial charge in [0.25, 0.3) is 0 Å². The molecule has 0 aliphatic rings. The second-order valence-corrected chi connectivity index (χ2v) is 6.64. The zero-order valence-electron chi connectivity index (χ0n) is 12.3. The summed E-state index contributed by atoms with van der Waals surface area (Å²) in [5.74, 6) is 0.827. The highest BCUT2D eigenvalue weighted by atomic mass is 79.9. The molecule has 2 nitrogen and oxygen atoms in total. The Hall–Kier alpha value is -1.30. The second-order valence-electron chi connectivity index (χ2n) is 4.44. The van der Waals surface area contributed by atoms with Gasteiger partial charge in [0.15, 0.2) is 0 Å². The van der Waals surface area contributed by atoms with Crippen molar-refractivity contribution in [1.82, 2.24) is 0 Å². The number of hydrogen-bond donors (Lipinski definition) is 1. The maximum absolute atomic E-state index is 5.50. The molecule has 0 spiro atoms. The molecule has 2 aromatic rings. The summed E-state index contributed by atoms with van der Waals surface area (Å²) in [4.78, 5) is 0.789. The van der Waals surface area contributed by atoms with Crippen molar-refractivity contribution in [3.05, 3.63) is 69.7 Å². The molecular weight excluding hydrogens is 378 g/mol. The lowest BCUT2D eigenvalue weighted by Gasteiger charge is -2.09. The van der Waals surface area contributed by atoms with Crippen molar-refractivity contribution >= 4 is 50.5 Å². The number of ether oxygens (including phenoxy) is 1. The first-order valence-corrected chi connectivity index (χ1v) is 9.01. The molecule has 0 aromatic heterocycles. The van der Waals surface area contributed by atoms with E-state index in [2.05, 4.69) is 21.2 Å². The maximum Gasteiger partial charge on any atom is 0.118 e. The quantitative estimate of drug-likeness (QED) is 0.397. The minimum atomic E-state index is 0.789. The lowest BCUT2D eigenvalue weighted by atomic mass is 10.1. The summed E-state index contributed by atoms with van der Waals surface area (Å²) in [5, 5.41) is 4.37. The third kappa shape index (κ3) is 4.87. The predicted octanol–water partition coefficient (Wildman–Crippen LogP) is 5.49. The van der Waals surface area contributed by atoms with E-state index >= 15 is 0 Å². The van der Waals surface area contributed by atoms with E-state index in [1.165, 1.54) is 0 Å². The van der Waals surface area contributed by atoms with Crippen molar-refractivity contribution < 1.29 is 4.74 Å². The molecular formula is C17H16BrNOS2. The molecule has 0 saturated carbocycles. The second kappa shape index (κ2) is 8.36. The fourth-order valence-corrected chi connectivity index (χ4v) is 2.83. The molecule has 5 heteroatoms. The molecule has 22 heavy (non-hydrogen) atoms. The number of hydrogen-bond acceptors (Lipinski definition) is 4. The SMILES string of the molecule is COc1ccc(C(=S)/C=C(\Nc2ccc(Br)cc2)SC)cc1. The number of benzene rings is 2. The number of nitrogens with one attached hydrogen (secondary N) is 1. The molecule has 1 N–H and O–H groups in total. The molecule has 0 atom stereocenters. The third-order valence-electron chi connectivity index (χ3n) is 2.97. The van der Waals surface area contributed by atoms with Crippen molar-refractivity contribution in [2.45, 2.75) is 0 Å². The highest BCUT2D eigenvalue weighted by Crippen LogP contribution is 2.21. The normalized spacial score (nSPS) is 11.1. The van der Waals surface area contributed by atoms with Gasteiger partial charge in [0.2, 0.25) is 0 Å². The predicted molar refractivity (Wildman–Crippen MR) is 104 cm³/mol. The zero-order chi connectivity index (χ0) is 15.9. The molecule has 2 rings (SSSR count). The number of thioether (sulfide) groups is 1. The van der Waals surface area contributed by atoms with Crippen LogP contribution in [-0.2, 0) is 0 Å². The van der Waals surface area contributed by atoms with E-state index in [0.29, 0.717) is 0 Å². The first-order chi connectivity index (χ1) is 10.6. The summed E-state index contributed by atoms with van der Waals surface area (Å²) in [7, 11) is 1.65. The molecule has 0 radical (unpaired) electrons. The molecule has 0 amide bonds. The molecule has 0 aliphatic heterocycles. The fourth-order valence-electron chi connectivity index (χ4n) is 1.78. The van der Waals surface area contributed by atoms with Gasteiger partial charge in [-0.3, -0.25) is 0 Å². The van der Waals surface area contributed by atoms with Gasteiger partial charge >= 0.3 is 0 Å². The van der Waals surface area contributed by atoms with Crippen LogP contribution in [0, 0.1) is 0 Å². The Bertz CT molecular complexity index is 666. The van der Waals surface area contributed by atoms with Gasteiger partial charge in [0, 0.05) is 15.0 Å². The van der Waals surface area contributed by atoms with Crippen LogP contribution < -0.4 is 10.1 Å². The molecule has 114 valence electrons. The smallest absolute Gasteiger partial charge is 0.118 e. The van der Waals surface area contributed by atoms with Crippen LogP contribution in [0.1, 0.15) is 5.56 Å². The summed E-state index contributed by atoms with van der Waals surface area (Å²) in [5.41, 5.74) is 2.03. The summed E-state index contributed by atoms with van der Waals surface area (Å²) in [6, 6.07) is 15.8. The van der Waals surface area contributed by atoms with Crippen molar-refractivity contribution in [3.63, 3.8) is 0 Å². The van der Waals surface area contributed by atoms with Gasteiger partial charge in [-0.2, -0.15) is 0 Å². The van der Waals surface area contributed by atoms with Gasteiger partial charge in [0.1, 0.15) is 5.75 Å². The van der Waals surface area contributed by atoms with Gasteiger partial charge in [-0.25, -0.2) is 0 Å². The highest BCUT2D eigenvalue weighted by molar-refractivity contribution is 9.10. The molecule has 0 aliphatic carbocycles. The Morgan fingerprint density at radius 1 is 1.14 bits per heavy atom. The van der Waals surface area contributed by atoms with Crippen molar-refractivity contribution in [3.8, 4) is 5.75 Å². The number of rotatable bonds is 6. The van der Waals surface area contributed by atoms with Crippen LogP contribution >= 0.6 is 39.9 Å². The molecule has 0 unspecified atom stereocenters. The molecule has 0 bridgehead atoms. The van der Waals surface area contributed by atoms with E-state index in [9.17, 15) is 0 Å². The van der Waals surface area contributed by atoms with Crippen LogP contribution in [0.5, 0.6) is 5.75 Å². The Kier molecular flexibility index (Phi) is 6.49. The zero-order valence-corrected chi connectivity index (χ0v) is 15.5. The van der Waals surface area contributed by atoms with Gasteiger partial charge in [-0.1, -0.05) is 28.1 Å². The first-order valence-electron chi connectivity index (χ1n) is 6.59. The number of anilines is 1. The maximum atomic E-state index is 5.50. The Labute approximate surface area is 149 Å². The minimum Gasteiger partial charge on any atom is -0.497 e. The van der Waals surface area contributed by atoms with Crippen molar-refractivity contribution in [2.24, 2.45) is 0 Å². The van der Waals surface area contributed by atoms with Crippen molar-refractivity contribution in [2.75, 3.05) is 18.7 Å². The minimum absolute atomic E-state index is 0.789. The average molecular weight is 394 g/mol. The van der Waals surface area contributed by atoms with Crippen LogP contribution in [0.15, 0.2) is 64.1 Å². The number of methoxy groups -OCH3 is 1. The standard InChI is InChI=1S/C17H16BrNOS2/c1-20-15-9-3-12(4-10-15)16(21)11-17(22-2)19-14-7-5-13(18)6-8-14/h3-11,19H,1-2H3/b17-11+. The van der Waals surface area contributed by atoms with E-state index in [1.807, 2.05) is 60.9 Å². The topological polar surface area (TPSA) is 21.3 Å². The van der Waals surface area contributed by atoms with Crippen LogP contribution in [-0.4, -0.2) is 18.2 Å². The van der Waals surface area contributed by atoms with Gasteiger partial charge in [-0.05, 0) is 66.4 Å². The molecule has 0 saturated heterocycles. The monoisotopic (exact) mass is 393 g/mol. The fraction of sp³-hybridized carbons (Fsp3) is 0.118. The summed E-state index contributed by atoms with van der Waals surface area (Å²) >= 11 is 10.6. The Morgan fingerprint density at radius 3 is 2.32 bits per heavy atom. The van der Waals surface area contributed by atoms with Gasteiger partial charge < -0.3 is 10.1 Å². The summed E-state index contributed by atoms with van der Waals surface area (Å²) < 4.78 is 6.22. The molecule has 2 aromatic carbocycles. The third-order valence-corrected chi connectivity index (χ3v) is 4.51. The van der Waals surface area contributed by atoms with Crippen LogP contribution in [0.25, 0.3) is 0 Å². The van der Waals surface area contributed by atoms with Crippen LogP contribution in [0.4, 0.5) is 5.69 Å². The lowest BCUT2D eigenvalue weighted by molar-refractivity contribution is 0.415. The average Bonchev–Trinajstić information content (AvgIpc) is 2.56. The van der Waals surface area contributed by atoms with E-state index in [0.717, 1.165) is 31.4 Å². The largest absolute Gasteiger partial charge is 0.497 e. The number of thiocarbonyl (C=S) groups is 1. The lowest BCUT2D eigenvalue weighted by Crippen LogP contribution is -2.00. The van der Waals surface area contributed by atoms with E-state index < -0.39 is 0 Å². The van der Waals surface area contributed by atoms with Gasteiger partial charge in [-0.15, -0.1) is 11.8 Å². The van der Waals surface area contributed by atoms with Crippen molar-refractivity contribution in [1.29, 1.82) is 0 Å². The summed E-state index contributed by atoms with van der Waals surface area (Å²) in [6.45, 7) is 0. The van der Waals surface area contributed by atoms with Crippen LogP contribution in [0.2, 0.25) is 0 Å². The first kappa shape index (κ1) is 17.1. The van der Waals surface area contributed by atoms with Gasteiger partial charge in [0.05, 0.1) is 12.1 Å². The number of halogens is 1. The Morgan fingerprint density at radius 2 is 1.77 bits per heavy atom. The number of allylic oxidation sites excluding steroid dienone is 1. The Balaban J connectivity index is 2.12. The van der Waals surface area contributed by atoms with Crippen LogP contribution in [0.3, 0.4) is 0 Å². The van der Waals surface area contributed by atoms with E-state index in [1.54, 1.807) is 18.9 Å². The molecule has 0 fully saturated rings. The van der Waals surface area contributed by atoms with E-state index in [4.69, 9.17) is 17.0 Å². The summed E-state index contributed by atoms with van der Waals surface area (Å²) in [6.07, 6.45) is 4.00.